The molecule has 0 spiro atoms. The Labute approximate surface area is 153 Å². The van der Waals surface area contributed by atoms with Gasteiger partial charge in [0.25, 0.3) is 0 Å². The second-order valence-corrected chi connectivity index (χ2v) is 7.76. The first-order valence-electron chi connectivity index (χ1n) is 9.74. The van der Waals surface area contributed by atoms with Gasteiger partial charge in [0.05, 0.1) is 0 Å². The highest BCUT2D eigenvalue weighted by atomic mass is 16.2. The summed E-state index contributed by atoms with van der Waals surface area (Å²) in [4.78, 5) is 23.7. The zero-order valence-electron chi connectivity index (χ0n) is 15.0. The average Bonchev–Trinajstić information content (AvgIpc) is 3.15. The van der Waals surface area contributed by atoms with Crippen LogP contribution in [0.4, 0.5) is 0 Å². The van der Waals surface area contributed by atoms with Gasteiger partial charge in [0.15, 0.2) is 0 Å². The van der Waals surface area contributed by atoms with Crippen molar-refractivity contribution in [2.45, 2.75) is 51.4 Å². The van der Waals surface area contributed by atoms with Crippen molar-refractivity contribution in [3.05, 3.63) is 24.3 Å². The summed E-state index contributed by atoms with van der Waals surface area (Å²) in [5.41, 5.74) is 7.54. The number of nitrogens with one attached hydrogen (secondary N) is 2. The monoisotopic (exact) mass is 354 g/mol. The standard InChI is InChI=1S/C20H26N4O2/c25-19(23-21-17-11-13-5-3-7-15(13)17)9-1-2-10-20(26)24-22-18-12-14-6-4-8-16(14)18/h3-6,13-16H,1-2,7-12H2,(H,23,25)(H,24,26)/b21-17-,22-18+/t13-,14+,15+,16+/m0/s1. The molecule has 0 heterocycles. The Bertz CT molecular complexity index is 647. The Kier molecular flexibility index (Phi) is 5.00. The molecule has 4 atom stereocenters. The zero-order chi connectivity index (χ0) is 17.9. The molecule has 2 N–H and O–H groups in total. The van der Waals surface area contributed by atoms with Crippen LogP contribution in [0.15, 0.2) is 34.5 Å². The average molecular weight is 354 g/mol. The molecule has 6 nitrogen and oxygen atoms in total. The van der Waals surface area contributed by atoms with Gasteiger partial charge in [-0.2, -0.15) is 10.2 Å². The van der Waals surface area contributed by atoms with Gasteiger partial charge in [0, 0.05) is 36.1 Å². The minimum atomic E-state index is -0.0678. The number of hydrazone groups is 2. The van der Waals surface area contributed by atoms with E-state index in [0.29, 0.717) is 49.4 Å². The molecule has 0 aromatic rings. The molecule has 0 bridgehead atoms. The lowest BCUT2D eigenvalue weighted by molar-refractivity contribution is -0.123. The first-order chi connectivity index (χ1) is 12.7. The summed E-state index contributed by atoms with van der Waals surface area (Å²) < 4.78 is 0. The number of rotatable bonds is 7. The number of carbonyl (C=O) groups is 2. The van der Waals surface area contributed by atoms with E-state index >= 15 is 0 Å². The summed E-state index contributed by atoms with van der Waals surface area (Å²) >= 11 is 0. The summed E-state index contributed by atoms with van der Waals surface area (Å²) in [6.45, 7) is 0. The van der Waals surface area contributed by atoms with Gasteiger partial charge in [-0.15, -0.1) is 0 Å². The molecule has 138 valence electrons. The van der Waals surface area contributed by atoms with Crippen molar-refractivity contribution in [3.63, 3.8) is 0 Å². The molecule has 0 unspecified atom stereocenters. The van der Waals surface area contributed by atoms with E-state index in [2.05, 4.69) is 45.4 Å². The predicted molar refractivity (Wildman–Crippen MR) is 100 cm³/mol. The van der Waals surface area contributed by atoms with Crippen LogP contribution in [-0.4, -0.2) is 23.2 Å². The van der Waals surface area contributed by atoms with Gasteiger partial charge in [0.1, 0.15) is 0 Å². The number of fused-ring (bicyclic) bond motifs is 2. The Morgan fingerprint density at radius 1 is 0.846 bits per heavy atom. The van der Waals surface area contributed by atoms with E-state index in [1.807, 2.05) is 0 Å². The number of unbranched alkanes of at least 4 members (excludes halogenated alkanes) is 1. The summed E-state index contributed by atoms with van der Waals surface area (Å²) in [5, 5.41) is 8.50. The number of hydrogen-bond donors (Lipinski definition) is 2. The second kappa shape index (κ2) is 7.56. The Morgan fingerprint density at radius 2 is 1.31 bits per heavy atom. The van der Waals surface area contributed by atoms with E-state index in [1.165, 1.54) is 0 Å². The number of nitrogens with zero attached hydrogens (tertiary/aromatic N) is 2. The molecule has 0 aromatic carbocycles. The van der Waals surface area contributed by atoms with Gasteiger partial charge in [-0.25, -0.2) is 10.9 Å². The van der Waals surface area contributed by atoms with E-state index in [9.17, 15) is 9.59 Å². The van der Waals surface area contributed by atoms with Crippen molar-refractivity contribution in [1.82, 2.24) is 10.9 Å². The van der Waals surface area contributed by atoms with E-state index in [1.54, 1.807) is 0 Å². The molecule has 0 aromatic heterocycles. The highest BCUT2D eigenvalue weighted by molar-refractivity contribution is 5.95. The quantitative estimate of drug-likeness (QED) is 0.419. The van der Waals surface area contributed by atoms with Crippen molar-refractivity contribution in [3.8, 4) is 0 Å². The van der Waals surface area contributed by atoms with Gasteiger partial charge in [-0.1, -0.05) is 24.3 Å². The third-order valence-corrected chi connectivity index (χ3v) is 6.03. The highest BCUT2D eigenvalue weighted by Crippen LogP contribution is 2.40. The topological polar surface area (TPSA) is 82.9 Å². The van der Waals surface area contributed by atoms with Gasteiger partial charge in [-0.3, -0.25) is 9.59 Å². The summed E-state index contributed by atoms with van der Waals surface area (Å²) in [6, 6.07) is 0. The lowest BCUT2D eigenvalue weighted by Gasteiger charge is -2.31. The fourth-order valence-electron chi connectivity index (χ4n) is 4.28. The maximum atomic E-state index is 11.8. The van der Waals surface area contributed by atoms with Crippen LogP contribution < -0.4 is 10.9 Å². The Morgan fingerprint density at radius 3 is 1.73 bits per heavy atom. The third-order valence-electron chi connectivity index (χ3n) is 6.03. The molecule has 0 aliphatic heterocycles. The van der Waals surface area contributed by atoms with Crippen molar-refractivity contribution in [1.29, 1.82) is 0 Å². The van der Waals surface area contributed by atoms with Crippen LogP contribution in [0, 0.1) is 23.7 Å². The fourth-order valence-corrected chi connectivity index (χ4v) is 4.28. The Hall–Kier alpha value is -2.24. The fraction of sp³-hybridized carbons (Fsp3) is 0.600. The maximum absolute atomic E-state index is 11.8. The van der Waals surface area contributed by atoms with Crippen LogP contribution in [0.1, 0.15) is 51.4 Å². The molecule has 2 fully saturated rings. The van der Waals surface area contributed by atoms with Crippen LogP contribution in [0.3, 0.4) is 0 Å². The van der Waals surface area contributed by atoms with Gasteiger partial charge in [-0.05, 0) is 50.4 Å². The molecule has 4 rings (SSSR count). The predicted octanol–water partition coefficient (Wildman–Crippen LogP) is 2.68. The zero-order valence-corrected chi connectivity index (χ0v) is 15.0. The van der Waals surface area contributed by atoms with Gasteiger partial charge >= 0.3 is 0 Å². The minimum absolute atomic E-state index is 0.0678. The minimum Gasteiger partial charge on any atom is -0.273 e. The van der Waals surface area contributed by atoms with Crippen LogP contribution in [-0.2, 0) is 9.59 Å². The first kappa shape index (κ1) is 17.2. The first-order valence-corrected chi connectivity index (χ1v) is 9.74. The van der Waals surface area contributed by atoms with Crippen molar-refractivity contribution >= 4 is 23.2 Å². The summed E-state index contributed by atoms with van der Waals surface area (Å²) in [5.74, 6) is 2.19. The molecular weight excluding hydrogens is 328 g/mol. The van der Waals surface area contributed by atoms with E-state index in [0.717, 1.165) is 37.1 Å². The largest absolute Gasteiger partial charge is 0.273 e. The number of carbonyl (C=O) groups excluding carboxylic acids is 2. The molecule has 26 heavy (non-hydrogen) atoms. The van der Waals surface area contributed by atoms with Crippen molar-refractivity contribution < 1.29 is 9.59 Å². The second-order valence-electron chi connectivity index (χ2n) is 7.76. The van der Waals surface area contributed by atoms with Crippen molar-refractivity contribution in [2.75, 3.05) is 0 Å². The summed E-state index contributed by atoms with van der Waals surface area (Å²) in [6.07, 6.45) is 15.1. The third kappa shape index (κ3) is 3.64. The molecule has 2 saturated carbocycles. The molecule has 0 radical (unpaired) electrons. The maximum Gasteiger partial charge on any atom is 0.240 e. The van der Waals surface area contributed by atoms with E-state index in [4.69, 9.17) is 0 Å². The lowest BCUT2D eigenvalue weighted by atomic mass is 9.74. The van der Waals surface area contributed by atoms with Crippen LogP contribution in [0.5, 0.6) is 0 Å². The molecule has 4 aliphatic carbocycles. The normalized spacial score (nSPS) is 33.5. The van der Waals surface area contributed by atoms with Crippen LogP contribution in [0.25, 0.3) is 0 Å². The highest BCUT2D eigenvalue weighted by Gasteiger charge is 2.38. The van der Waals surface area contributed by atoms with Crippen LogP contribution >= 0.6 is 0 Å². The SMILES string of the molecule is O=C(CCCCC(=O)N/N=C1\C[C@H]2C=CC[C@@H]12)N/N=C1/C[C@@H]2C=CC[C@@H]12. The molecule has 4 aliphatic rings. The summed E-state index contributed by atoms with van der Waals surface area (Å²) in [7, 11) is 0. The number of allylic oxidation sites excluding steroid dienone is 4. The molecular formula is C20H26N4O2. The van der Waals surface area contributed by atoms with E-state index < -0.39 is 0 Å². The van der Waals surface area contributed by atoms with Gasteiger partial charge in [0.2, 0.25) is 11.8 Å². The number of amides is 2. The molecule has 2 amide bonds. The lowest BCUT2D eigenvalue weighted by Crippen LogP contribution is -2.35. The molecule has 6 heteroatoms. The molecule has 0 saturated heterocycles. The number of hydrogen-bond acceptors (Lipinski definition) is 4. The van der Waals surface area contributed by atoms with Crippen LogP contribution in [0.2, 0.25) is 0 Å². The van der Waals surface area contributed by atoms with E-state index in [-0.39, 0.29) is 11.8 Å². The smallest absolute Gasteiger partial charge is 0.240 e. The van der Waals surface area contributed by atoms with Crippen molar-refractivity contribution in [2.24, 2.45) is 33.9 Å². The van der Waals surface area contributed by atoms with Gasteiger partial charge < -0.3 is 0 Å². The Balaban J connectivity index is 1.06.